The van der Waals surface area contributed by atoms with Crippen LogP contribution in [0.1, 0.15) is 52.4 Å². The normalized spacial score (nSPS) is 51.4. The molecule has 17 heavy (non-hydrogen) atoms. The van der Waals surface area contributed by atoms with Crippen molar-refractivity contribution in [2.24, 2.45) is 16.7 Å². The van der Waals surface area contributed by atoms with E-state index in [0.717, 1.165) is 25.2 Å². The van der Waals surface area contributed by atoms with E-state index in [9.17, 15) is 4.79 Å². The van der Waals surface area contributed by atoms with E-state index in [1.165, 1.54) is 19.3 Å². The summed E-state index contributed by atoms with van der Waals surface area (Å²) in [5.74, 6) is 0.784. The van der Waals surface area contributed by atoms with Crippen LogP contribution in [0.3, 0.4) is 0 Å². The Morgan fingerprint density at radius 2 is 1.76 bits per heavy atom. The van der Waals surface area contributed by atoms with Crippen LogP contribution >= 0.6 is 0 Å². The molecule has 1 amide bonds. The van der Waals surface area contributed by atoms with Gasteiger partial charge in [-0.2, -0.15) is 0 Å². The monoisotopic (exact) mass is 236 g/mol. The molecule has 4 rings (SSSR count). The molecule has 4 fully saturated rings. The van der Waals surface area contributed by atoms with Gasteiger partial charge in [-0.25, -0.2) is 4.79 Å². The van der Waals surface area contributed by atoms with Crippen molar-refractivity contribution in [3.8, 4) is 0 Å². The fourth-order valence-electron chi connectivity index (χ4n) is 5.84. The lowest BCUT2D eigenvalue weighted by molar-refractivity contribution is -0.114. The number of nitrogens with one attached hydrogen (secondary N) is 1. The molecular weight excluding hydrogens is 214 g/mol. The van der Waals surface area contributed by atoms with E-state index in [0.29, 0.717) is 10.8 Å². The molecule has 0 aliphatic heterocycles. The van der Waals surface area contributed by atoms with Crippen LogP contribution in [0, 0.1) is 23.9 Å². The molecule has 0 spiro atoms. The van der Waals surface area contributed by atoms with Gasteiger partial charge in [-0.3, -0.25) is 0 Å². The van der Waals surface area contributed by atoms with E-state index < -0.39 is 0 Å². The predicted octanol–water partition coefficient (Wildman–Crippen LogP) is 3.25. The first-order valence-corrected chi connectivity index (χ1v) is 6.60. The van der Waals surface area contributed by atoms with Gasteiger partial charge >= 0.3 is 6.09 Å². The quantitative estimate of drug-likeness (QED) is 0.759. The minimum Gasteiger partial charge on any atom is -0.446 e. The maximum Gasteiger partial charge on any atom is 0.407 e. The highest BCUT2D eigenvalue weighted by Crippen LogP contribution is 2.66. The van der Waals surface area contributed by atoms with Crippen LogP contribution in [0.5, 0.6) is 0 Å². The Bertz CT molecular complexity index is 347. The summed E-state index contributed by atoms with van der Waals surface area (Å²) in [6.45, 7) is 4.78. The van der Waals surface area contributed by atoms with Gasteiger partial charge < -0.3 is 10.1 Å². The first kappa shape index (κ1) is 11.4. The zero-order valence-corrected chi connectivity index (χ0v) is 10.8. The van der Waals surface area contributed by atoms with Gasteiger partial charge in [0.05, 0.1) is 0 Å². The van der Waals surface area contributed by atoms with Gasteiger partial charge in [0.15, 0.2) is 0 Å². The minimum atomic E-state index is -0.362. The SMILES string of the molecule is [CH2]OC(=O)N[C@@]12C[C@@H]3C[C@@](C)(C[C@@](C)(C3)C1)C2. The lowest BCUT2D eigenvalue weighted by Crippen LogP contribution is -2.65. The molecule has 0 aromatic carbocycles. The van der Waals surface area contributed by atoms with E-state index in [1.807, 2.05) is 0 Å². The number of carbonyl (C=O) groups excluding carboxylic acids is 1. The summed E-state index contributed by atoms with van der Waals surface area (Å²) in [7, 11) is 3.21. The first-order valence-electron chi connectivity index (χ1n) is 6.60. The number of alkyl carbamates (subject to hydrolysis) is 1. The zero-order valence-electron chi connectivity index (χ0n) is 10.8. The average molecular weight is 236 g/mol. The van der Waals surface area contributed by atoms with Crippen molar-refractivity contribution in [1.29, 1.82) is 0 Å². The fourth-order valence-corrected chi connectivity index (χ4v) is 5.84. The lowest BCUT2D eigenvalue weighted by atomic mass is 9.43. The van der Waals surface area contributed by atoms with Crippen molar-refractivity contribution in [2.45, 2.75) is 57.9 Å². The van der Waals surface area contributed by atoms with Crippen molar-refractivity contribution < 1.29 is 9.53 Å². The predicted molar refractivity (Wildman–Crippen MR) is 65.1 cm³/mol. The molecule has 1 radical (unpaired) electrons. The van der Waals surface area contributed by atoms with Crippen LogP contribution in [-0.4, -0.2) is 11.6 Å². The molecule has 4 aliphatic rings. The first-order chi connectivity index (χ1) is 7.86. The van der Waals surface area contributed by atoms with Crippen molar-refractivity contribution in [3.63, 3.8) is 0 Å². The number of ether oxygens (including phenoxy) is 1. The Balaban J connectivity index is 1.89. The van der Waals surface area contributed by atoms with Gasteiger partial charge in [-0.15, -0.1) is 0 Å². The van der Waals surface area contributed by atoms with Crippen LogP contribution in [0.2, 0.25) is 0 Å². The van der Waals surface area contributed by atoms with Gasteiger partial charge in [0.25, 0.3) is 0 Å². The molecule has 4 bridgehead atoms. The summed E-state index contributed by atoms with van der Waals surface area (Å²) in [6.07, 6.45) is 6.99. The highest BCUT2D eigenvalue weighted by atomic mass is 16.5. The number of carbonyl (C=O) groups is 1. The van der Waals surface area contributed by atoms with Gasteiger partial charge in [0.2, 0.25) is 0 Å². The summed E-state index contributed by atoms with van der Waals surface area (Å²) in [5.41, 5.74) is 0.822. The van der Waals surface area contributed by atoms with Gasteiger partial charge in [0.1, 0.15) is 7.11 Å². The number of hydrogen-bond donors (Lipinski definition) is 1. The molecule has 0 aromatic heterocycles. The Labute approximate surface area is 103 Å². The highest BCUT2D eigenvalue weighted by Gasteiger charge is 2.60. The maximum absolute atomic E-state index is 11.5. The maximum atomic E-state index is 11.5. The molecule has 1 N–H and O–H groups in total. The third kappa shape index (κ3) is 1.74. The zero-order chi connectivity index (χ0) is 12.3. The molecule has 4 saturated carbocycles. The second-order valence-corrected chi connectivity index (χ2v) is 7.47. The van der Waals surface area contributed by atoms with Gasteiger partial charge in [0, 0.05) is 5.54 Å². The molecule has 0 heterocycles. The molecule has 95 valence electrons. The molecule has 0 saturated heterocycles. The number of rotatable bonds is 1. The van der Waals surface area contributed by atoms with Crippen molar-refractivity contribution in [2.75, 3.05) is 0 Å². The van der Waals surface area contributed by atoms with Gasteiger partial charge in [-0.05, 0) is 55.3 Å². The van der Waals surface area contributed by atoms with Crippen LogP contribution in [-0.2, 0) is 4.74 Å². The number of amides is 1. The van der Waals surface area contributed by atoms with Crippen LogP contribution < -0.4 is 5.32 Å². The van der Waals surface area contributed by atoms with E-state index in [-0.39, 0.29) is 11.6 Å². The summed E-state index contributed by atoms with van der Waals surface area (Å²) < 4.78 is 4.56. The smallest absolute Gasteiger partial charge is 0.407 e. The fraction of sp³-hybridized carbons (Fsp3) is 0.857. The van der Waals surface area contributed by atoms with E-state index in [1.54, 1.807) is 0 Å². The Morgan fingerprint density at radius 3 is 2.24 bits per heavy atom. The average Bonchev–Trinajstić information content (AvgIpc) is 2.10. The van der Waals surface area contributed by atoms with E-state index >= 15 is 0 Å². The van der Waals surface area contributed by atoms with Crippen LogP contribution in [0.4, 0.5) is 4.79 Å². The topological polar surface area (TPSA) is 38.3 Å². The van der Waals surface area contributed by atoms with Crippen molar-refractivity contribution >= 4 is 6.09 Å². The molecule has 3 nitrogen and oxygen atoms in total. The summed E-state index contributed by atoms with van der Waals surface area (Å²) in [5, 5.41) is 3.10. The van der Waals surface area contributed by atoms with Crippen molar-refractivity contribution in [3.05, 3.63) is 7.11 Å². The largest absolute Gasteiger partial charge is 0.446 e. The third-order valence-corrected chi connectivity index (χ3v) is 5.12. The summed E-state index contributed by atoms with van der Waals surface area (Å²) in [4.78, 5) is 11.5. The second-order valence-electron chi connectivity index (χ2n) is 7.47. The second kappa shape index (κ2) is 3.18. The van der Waals surface area contributed by atoms with Crippen LogP contribution in [0.25, 0.3) is 0 Å². The summed E-state index contributed by atoms with van der Waals surface area (Å²) in [6, 6.07) is 0. The standard InChI is InChI=1S/C14H22NO2/c1-12-4-10-5-13(2,7-12)9-14(6-10,8-12)15-11(16)17-3/h10H,3-9H2,1-2H3,(H,15,16)/t10-,12+,13-,14-. The Hall–Kier alpha value is -0.730. The molecule has 0 aromatic rings. The molecule has 0 unspecified atom stereocenters. The number of hydrogen-bond acceptors (Lipinski definition) is 2. The Kier molecular flexibility index (Phi) is 2.13. The Morgan fingerprint density at radius 1 is 1.18 bits per heavy atom. The molecule has 3 heteroatoms. The highest BCUT2D eigenvalue weighted by molar-refractivity contribution is 5.68. The van der Waals surface area contributed by atoms with Crippen molar-refractivity contribution in [1.82, 2.24) is 5.32 Å². The molecule has 4 aliphatic carbocycles. The van der Waals surface area contributed by atoms with Crippen LogP contribution in [0.15, 0.2) is 0 Å². The molecule has 4 atom stereocenters. The van der Waals surface area contributed by atoms with E-state index in [4.69, 9.17) is 0 Å². The summed E-state index contributed by atoms with van der Waals surface area (Å²) >= 11 is 0. The van der Waals surface area contributed by atoms with E-state index in [2.05, 4.69) is 31.0 Å². The molecular formula is C14H22NO2. The third-order valence-electron chi connectivity index (χ3n) is 5.12. The lowest BCUT2D eigenvalue weighted by Gasteiger charge is -2.65. The van der Waals surface area contributed by atoms with Gasteiger partial charge in [-0.1, -0.05) is 13.8 Å². The minimum absolute atomic E-state index is 0.0162.